The second-order valence-electron chi connectivity index (χ2n) is 3.92. The van der Waals surface area contributed by atoms with E-state index in [0.29, 0.717) is 5.56 Å². The van der Waals surface area contributed by atoms with Crippen LogP contribution in [0.4, 0.5) is 5.69 Å². The zero-order valence-electron chi connectivity index (χ0n) is 9.54. The van der Waals surface area contributed by atoms with Crippen LogP contribution in [0.2, 0.25) is 0 Å². The second-order valence-corrected chi connectivity index (χ2v) is 3.92. The predicted octanol–water partition coefficient (Wildman–Crippen LogP) is 3.02. The van der Waals surface area contributed by atoms with Crippen LogP contribution in [0.25, 0.3) is 11.0 Å². The third-order valence-corrected chi connectivity index (χ3v) is 2.69. The Morgan fingerprint density at radius 1 is 1.17 bits per heavy atom. The van der Waals surface area contributed by atoms with Gasteiger partial charge in [0.1, 0.15) is 5.75 Å². The van der Waals surface area contributed by atoms with Gasteiger partial charge in [0.15, 0.2) is 0 Å². The summed E-state index contributed by atoms with van der Waals surface area (Å²) < 4.78 is 0. The van der Waals surface area contributed by atoms with E-state index in [-0.39, 0.29) is 5.75 Å². The van der Waals surface area contributed by atoms with Gasteiger partial charge in [-0.25, -0.2) is 4.98 Å². The van der Waals surface area contributed by atoms with Crippen molar-refractivity contribution in [3.8, 4) is 5.75 Å². The molecule has 0 atom stereocenters. The number of benzene rings is 2. The monoisotopic (exact) mass is 237 g/mol. The minimum absolute atomic E-state index is 0.226. The first kappa shape index (κ1) is 10.5. The van der Waals surface area contributed by atoms with Crippen molar-refractivity contribution in [3.05, 3.63) is 54.4 Å². The number of hydrogen-bond acceptors (Lipinski definition) is 3. The minimum atomic E-state index is 0.226. The van der Waals surface area contributed by atoms with Gasteiger partial charge in [-0.15, -0.1) is 0 Å². The maximum absolute atomic E-state index is 9.62. The highest BCUT2D eigenvalue weighted by Gasteiger charge is 1.98. The van der Waals surface area contributed by atoms with Gasteiger partial charge in [0.05, 0.1) is 23.0 Å². The smallest absolute Gasteiger partial charge is 0.124 e. The van der Waals surface area contributed by atoms with E-state index in [1.807, 2.05) is 30.3 Å². The molecule has 0 spiro atoms. The van der Waals surface area contributed by atoms with Crippen molar-refractivity contribution < 1.29 is 5.11 Å². The van der Waals surface area contributed by atoms with Gasteiger partial charge in [0.25, 0.3) is 0 Å². The first-order valence-electron chi connectivity index (χ1n) is 5.58. The van der Waals surface area contributed by atoms with E-state index >= 15 is 0 Å². The van der Waals surface area contributed by atoms with E-state index in [9.17, 15) is 5.11 Å². The lowest BCUT2D eigenvalue weighted by molar-refractivity contribution is 0.474. The van der Waals surface area contributed by atoms with Crippen LogP contribution < -0.4 is 0 Å². The molecule has 0 aliphatic rings. The van der Waals surface area contributed by atoms with Crippen LogP contribution in [0, 0.1) is 0 Å². The number of phenols is 1. The Bertz CT molecular complexity index is 716. The quantitative estimate of drug-likeness (QED) is 0.673. The number of aromatic hydroxyl groups is 1. The summed E-state index contributed by atoms with van der Waals surface area (Å²) in [6.07, 6.45) is 3.30. The number of nitrogens with one attached hydrogen (secondary N) is 1. The van der Waals surface area contributed by atoms with Crippen LogP contribution in [0.1, 0.15) is 5.56 Å². The number of para-hydroxylation sites is 1. The summed E-state index contributed by atoms with van der Waals surface area (Å²) in [6.45, 7) is 0. The largest absolute Gasteiger partial charge is 0.507 e. The topological polar surface area (TPSA) is 61.3 Å². The molecule has 18 heavy (non-hydrogen) atoms. The van der Waals surface area contributed by atoms with Gasteiger partial charge in [0, 0.05) is 11.8 Å². The predicted molar refractivity (Wildman–Crippen MR) is 71.5 cm³/mol. The van der Waals surface area contributed by atoms with Gasteiger partial charge in [-0.1, -0.05) is 12.1 Å². The fourth-order valence-electron chi connectivity index (χ4n) is 1.74. The number of rotatable bonds is 2. The standard InChI is InChI=1S/C14H11N3O/c18-14-4-2-1-3-10(14)8-15-11-5-6-12-13(7-11)17-9-16-12/h1-9,18H,(H,16,17). The normalized spacial score (nSPS) is 11.3. The van der Waals surface area contributed by atoms with Gasteiger partial charge < -0.3 is 10.1 Å². The van der Waals surface area contributed by atoms with Crippen molar-refractivity contribution in [1.29, 1.82) is 0 Å². The summed E-state index contributed by atoms with van der Waals surface area (Å²) in [7, 11) is 0. The fourth-order valence-corrected chi connectivity index (χ4v) is 1.74. The van der Waals surface area contributed by atoms with Crippen LogP contribution in [0.15, 0.2) is 53.8 Å². The van der Waals surface area contributed by atoms with Gasteiger partial charge in [-0.3, -0.25) is 4.99 Å². The number of phenolic OH excluding ortho intramolecular Hbond substituents is 1. The van der Waals surface area contributed by atoms with E-state index in [4.69, 9.17) is 0 Å². The van der Waals surface area contributed by atoms with Gasteiger partial charge >= 0.3 is 0 Å². The number of hydrogen-bond donors (Lipinski definition) is 2. The highest BCUT2D eigenvalue weighted by Crippen LogP contribution is 2.19. The van der Waals surface area contributed by atoms with Crippen molar-refractivity contribution in [2.75, 3.05) is 0 Å². The molecule has 0 unspecified atom stereocenters. The van der Waals surface area contributed by atoms with Crippen LogP contribution in [0.5, 0.6) is 5.75 Å². The molecule has 0 saturated heterocycles. The molecular weight excluding hydrogens is 226 g/mol. The molecule has 2 aromatic carbocycles. The second kappa shape index (κ2) is 4.33. The van der Waals surface area contributed by atoms with E-state index in [0.717, 1.165) is 16.7 Å². The van der Waals surface area contributed by atoms with Gasteiger partial charge in [0.2, 0.25) is 0 Å². The summed E-state index contributed by atoms with van der Waals surface area (Å²) in [5.74, 6) is 0.226. The molecule has 1 aromatic heterocycles. The van der Waals surface area contributed by atoms with Crippen molar-refractivity contribution in [2.24, 2.45) is 4.99 Å². The zero-order chi connectivity index (χ0) is 12.4. The highest BCUT2D eigenvalue weighted by molar-refractivity contribution is 5.86. The molecular formula is C14H11N3O. The molecule has 3 aromatic rings. The zero-order valence-corrected chi connectivity index (χ0v) is 9.54. The van der Waals surface area contributed by atoms with Crippen molar-refractivity contribution in [3.63, 3.8) is 0 Å². The summed E-state index contributed by atoms with van der Waals surface area (Å²) in [6, 6.07) is 12.8. The Balaban J connectivity index is 1.94. The van der Waals surface area contributed by atoms with E-state index in [2.05, 4.69) is 15.0 Å². The van der Waals surface area contributed by atoms with Gasteiger partial charge in [-0.2, -0.15) is 0 Å². The lowest BCUT2D eigenvalue weighted by atomic mass is 10.2. The fraction of sp³-hybridized carbons (Fsp3) is 0. The molecule has 88 valence electrons. The SMILES string of the molecule is Oc1ccccc1C=Nc1ccc2nc[nH]c2c1. The summed E-state index contributed by atoms with van der Waals surface area (Å²) in [4.78, 5) is 11.5. The molecule has 4 heteroatoms. The Kier molecular flexibility index (Phi) is 2.53. The molecule has 0 bridgehead atoms. The average molecular weight is 237 g/mol. The Morgan fingerprint density at radius 2 is 2.06 bits per heavy atom. The van der Waals surface area contributed by atoms with Crippen molar-refractivity contribution in [1.82, 2.24) is 9.97 Å². The third kappa shape index (κ3) is 1.96. The molecule has 3 rings (SSSR count). The summed E-state index contributed by atoms with van der Waals surface area (Å²) in [5, 5.41) is 9.62. The third-order valence-electron chi connectivity index (χ3n) is 2.69. The summed E-state index contributed by atoms with van der Waals surface area (Å²) in [5.41, 5.74) is 3.37. The van der Waals surface area contributed by atoms with Crippen LogP contribution in [0.3, 0.4) is 0 Å². The molecule has 4 nitrogen and oxygen atoms in total. The van der Waals surface area contributed by atoms with E-state index < -0.39 is 0 Å². The van der Waals surface area contributed by atoms with E-state index in [1.165, 1.54) is 0 Å². The molecule has 0 fully saturated rings. The molecule has 0 amide bonds. The number of aliphatic imine (C=N–C) groups is 1. The number of fused-ring (bicyclic) bond motifs is 1. The number of nitrogens with zero attached hydrogens (tertiary/aromatic N) is 2. The number of aromatic nitrogens is 2. The minimum Gasteiger partial charge on any atom is -0.507 e. The maximum atomic E-state index is 9.62. The lowest BCUT2D eigenvalue weighted by Gasteiger charge is -1.97. The Hall–Kier alpha value is -2.62. The van der Waals surface area contributed by atoms with Gasteiger partial charge in [-0.05, 0) is 30.3 Å². The number of aromatic amines is 1. The first-order chi connectivity index (χ1) is 8.83. The van der Waals surface area contributed by atoms with Crippen LogP contribution >= 0.6 is 0 Å². The van der Waals surface area contributed by atoms with Crippen LogP contribution in [-0.2, 0) is 0 Å². The summed E-state index contributed by atoms with van der Waals surface area (Å²) >= 11 is 0. The molecule has 0 aliphatic heterocycles. The number of imidazole rings is 1. The van der Waals surface area contributed by atoms with E-state index in [1.54, 1.807) is 24.7 Å². The number of H-pyrrole nitrogens is 1. The molecule has 2 N–H and O–H groups in total. The van der Waals surface area contributed by atoms with Crippen LogP contribution in [-0.4, -0.2) is 21.3 Å². The Morgan fingerprint density at radius 3 is 2.94 bits per heavy atom. The highest BCUT2D eigenvalue weighted by atomic mass is 16.3. The Labute approximate surface area is 104 Å². The maximum Gasteiger partial charge on any atom is 0.124 e. The molecule has 0 radical (unpaired) electrons. The first-order valence-corrected chi connectivity index (χ1v) is 5.58. The molecule has 0 saturated carbocycles. The average Bonchev–Trinajstić information content (AvgIpc) is 2.85. The molecule has 0 aliphatic carbocycles. The lowest BCUT2D eigenvalue weighted by Crippen LogP contribution is -1.80. The molecule has 1 heterocycles. The van der Waals surface area contributed by atoms with Crippen molar-refractivity contribution >= 4 is 22.9 Å². The van der Waals surface area contributed by atoms with Crippen molar-refractivity contribution in [2.45, 2.75) is 0 Å².